The van der Waals surface area contributed by atoms with Crippen LogP contribution in [0, 0.1) is 0 Å². The van der Waals surface area contributed by atoms with E-state index >= 15 is 0 Å². The SMILES string of the molecule is C[C@H](OCCOc1ccc(C(C)(C)C)cc1)C(=O)O. The standard InChI is InChI=1S/C15H22O4/c1-11(14(16)17)18-9-10-19-13-7-5-12(6-8-13)15(2,3)4/h5-8,11H,9-10H2,1-4H3,(H,16,17)/t11-/m0/s1. The monoisotopic (exact) mass is 266 g/mol. The predicted molar refractivity (Wildman–Crippen MR) is 73.7 cm³/mol. The minimum absolute atomic E-state index is 0.124. The highest BCUT2D eigenvalue weighted by Crippen LogP contribution is 2.24. The molecule has 0 radical (unpaired) electrons. The number of rotatable bonds is 6. The molecular formula is C15H22O4. The largest absolute Gasteiger partial charge is 0.491 e. The molecule has 0 amide bonds. The summed E-state index contributed by atoms with van der Waals surface area (Å²) in [6, 6.07) is 7.91. The summed E-state index contributed by atoms with van der Waals surface area (Å²) in [6.45, 7) is 8.57. The molecule has 4 nitrogen and oxygen atoms in total. The van der Waals surface area contributed by atoms with Gasteiger partial charge in [0.05, 0.1) is 6.61 Å². The predicted octanol–water partition coefficient (Wildman–Crippen LogP) is 2.85. The zero-order chi connectivity index (χ0) is 14.5. The fraction of sp³-hybridized carbons (Fsp3) is 0.533. The van der Waals surface area contributed by atoms with Gasteiger partial charge in [-0.05, 0) is 30.0 Å². The van der Waals surface area contributed by atoms with Crippen LogP contribution in [0.5, 0.6) is 5.75 Å². The van der Waals surface area contributed by atoms with E-state index in [0.29, 0.717) is 6.61 Å². The molecule has 0 fully saturated rings. The van der Waals surface area contributed by atoms with Crippen molar-refractivity contribution in [2.24, 2.45) is 0 Å². The topological polar surface area (TPSA) is 55.8 Å². The Morgan fingerprint density at radius 1 is 1.21 bits per heavy atom. The second kappa shape index (κ2) is 6.57. The van der Waals surface area contributed by atoms with E-state index in [0.717, 1.165) is 5.75 Å². The Morgan fingerprint density at radius 3 is 2.26 bits per heavy atom. The van der Waals surface area contributed by atoms with E-state index in [1.807, 2.05) is 24.3 Å². The van der Waals surface area contributed by atoms with Gasteiger partial charge in [-0.2, -0.15) is 0 Å². The molecule has 0 unspecified atom stereocenters. The second-order valence-corrected chi connectivity index (χ2v) is 5.47. The smallest absolute Gasteiger partial charge is 0.332 e. The van der Waals surface area contributed by atoms with Crippen molar-refractivity contribution in [1.82, 2.24) is 0 Å². The fourth-order valence-corrected chi connectivity index (χ4v) is 1.51. The lowest BCUT2D eigenvalue weighted by molar-refractivity contribution is -0.149. The van der Waals surface area contributed by atoms with Gasteiger partial charge >= 0.3 is 5.97 Å². The number of carbonyl (C=O) groups is 1. The molecule has 1 N–H and O–H groups in total. The molecule has 1 rings (SSSR count). The Kier molecular flexibility index (Phi) is 5.36. The van der Waals surface area contributed by atoms with Gasteiger partial charge in [0.15, 0.2) is 6.10 Å². The normalized spacial score (nSPS) is 13.1. The number of hydrogen-bond donors (Lipinski definition) is 1. The van der Waals surface area contributed by atoms with E-state index in [9.17, 15) is 4.79 Å². The number of carboxylic acids is 1. The van der Waals surface area contributed by atoms with E-state index in [2.05, 4.69) is 20.8 Å². The zero-order valence-corrected chi connectivity index (χ0v) is 12.0. The van der Waals surface area contributed by atoms with Crippen molar-refractivity contribution in [3.63, 3.8) is 0 Å². The Labute approximate surface area is 114 Å². The summed E-state index contributed by atoms with van der Waals surface area (Å²) in [4.78, 5) is 10.5. The molecular weight excluding hydrogens is 244 g/mol. The first-order valence-electron chi connectivity index (χ1n) is 6.38. The highest BCUT2D eigenvalue weighted by molar-refractivity contribution is 5.71. The van der Waals surface area contributed by atoms with Crippen LogP contribution in [-0.4, -0.2) is 30.4 Å². The first kappa shape index (κ1) is 15.5. The number of carboxylic acid groups (broad SMARTS) is 1. The van der Waals surface area contributed by atoms with Crippen molar-refractivity contribution in [2.75, 3.05) is 13.2 Å². The quantitative estimate of drug-likeness (QED) is 0.804. The maximum atomic E-state index is 10.5. The average Bonchev–Trinajstić information content (AvgIpc) is 2.33. The third-order valence-corrected chi connectivity index (χ3v) is 2.79. The van der Waals surface area contributed by atoms with Crippen LogP contribution in [0.15, 0.2) is 24.3 Å². The van der Waals surface area contributed by atoms with Crippen molar-refractivity contribution in [3.05, 3.63) is 29.8 Å². The Balaban J connectivity index is 2.37. The van der Waals surface area contributed by atoms with Gasteiger partial charge in [-0.1, -0.05) is 32.9 Å². The van der Waals surface area contributed by atoms with Gasteiger partial charge in [-0.15, -0.1) is 0 Å². The van der Waals surface area contributed by atoms with Crippen LogP contribution < -0.4 is 4.74 Å². The lowest BCUT2D eigenvalue weighted by atomic mass is 9.87. The van der Waals surface area contributed by atoms with Crippen LogP contribution in [-0.2, 0) is 14.9 Å². The highest BCUT2D eigenvalue weighted by Gasteiger charge is 2.13. The summed E-state index contributed by atoms with van der Waals surface area (Å²) >= 11 is 0. The molecule has 0 aliphatic heterocycles. The molecule has 106 valence electrons. The molecule has 4 heteroatoms. The average molecular weight is 266 g/mol. The minimum Gasteiger partial charge on any atom is -0.491 e. The summed E-state index contributed by atoms with van der Waals surface area (Å²) in [6.07, 6.45) is -0.799. The molecule has 0 heterocycles. The first-order chi connectivity index (χ1) is 8.80. The molecule has 0 spiro atoms. The van der Waals surface area contributed by atoms with E-state index in [-0.39, 0.29) is 12.0 Å². The van der Waals surface area contributed by atoms with Crippen LogP contribution >= 0.6 is 0 Å². The summed E-state index contributed by atoms with van der Waals surface area (Å²) in [5.41, 5.74) is 1.37. The molecule has 0 saturated carbocycles. The van der Waals surface area contributed by atoms with Crippen LogP contribution in [0.1, 0.15) is 33.3 Å². The van der Waals surface area contributed by atoms with Gasteiger partial charge in [0.2, 0.25) is 0 Å². The maximum absolute atomic E-state index is 10.5. The minimum atomic E-state index is -0.963. The third-order valence-electron chi connectivity index (χ3n) is 2.79. The highest BCUT2D eigenvalue weighted by atomic mass is 16.5. The molecule has 0 aromatic heterocycles. The van der Waals surface area contributed by atoms with Crippen LogP contribution in [0.2, 0.25) is 0 Å². The lowest BCUT2D eigenvalue weighted by Gasteiger charge is -2.19. The third kappa shape index (κ3) is 5.30. The molecule has 1 aromatic carbocycles. The number of aliphatic carboxylic acids is 1. The molecule has 1 atom stereocenters. The van der Waals surface area contributed by atoms with E-state index in [1.54, 1.807) is 0 Å². The van der Waals surface area contributed by atoms with Gasteiger partial charge in [0, 0.05) is 0 Å². The van der Waals surface area contributed by atoms with Gasteiger partial charge in [0.25, 0.3) is 0 Å². The van der Waals surface area contributed by atoms with E-state index in [1.165, 1.54) is 12.5 Å². The van der Waals surface area contributed by atoms with Crippen molar-refractivity contribution in [2.45, 2.75) is 39.2 Å². The zero-order valence-electron chi connectivity index (χ0n) is 12.0. The summed E-state index contributed by atoms with van der Waals surface area (Å²) < 4.78 is 10.6. The van der Waals surface area contributed by atoms with Gasteiger partial charge < -0.3 is 14.6 Å². The molecule has 0 saturated heterocycles. The fourth-order valence-electron chi connectivity index (χ4n) is 1.51. The van der Waals surface area contributed by atoms with Crippen molar-refractivity contribution >= 4 is 5.97 Å². The Bertz CT molecular complexity index is 403. The number of hydrogen-bond acceptors (Lipinski definition) is 3. The van der Waals surface area contributed by atoms with E-state index in [4.69, 9.17) is 14.6 Å². The van der Waals surface area contributed by atoms with Crippen molar-refractivity contribution in [1.29, 1.82) is 0 Å². The number of ether oxygens (including phenoxy) is 2. The van der Waals surface area contributed by atoms with Crippen molar-refractivity contribution in [3.8, 4) is 5.75 Å². The van der Waals surface area contributed by atoms with Gasteiger partial charge in [-0.25, -0.2) is 4.79 Å². The van der Waals surface area contributed by atoms with Crippen LogP contribution in [0.4, 0.5) is 0 Å². The maximum Gasteiger partial charge on any atom is 0.332 e. The van der Waals surface area contributed by atoms with Gasteiger partial charge in [0.1, 0.15) is 12.4 Å². The second-order valence-electron chi connectivity index (χ2n) is 5.47. The molecule has 19 heavy (non-hydrogen) atoms. The molecule has 0 aliphatic rings. The Hall–Kier alpha value is -1.55. The summed E-state index contributed by atoms with van der Waals surface area (Å²) in [7, 11) is 0. The van der Waals surface area contributed by atoms with Crippen molar-refractivity contribution < 1.29 is 19.4 Å². The van der Waals surface area contributed by atoms with E-state index < -0.39 is 12.1 Å². The summed E-state index contributed by atoms with van der Waals surface area (Å²) in [5.74, 6) is -0.200. The van der Waals surface area contributed by atoms with Crippen LogP contribution in [0.3, 0.4) is 0 Å². The first-order valence-corrected chi connectivity index (χ1v) is 6.38. The number of benzene rings is 1. The Morgan fingerprint density at radius 2 is 1.79 bits per heavy atom. The summed E-state index contributed by atoms with van der Waals surface area (Å²) in [5, 5.41) is 8.64. The van der Waals surface area contributed by atoms with Crippen LogP contribution in [0.25, 0.3) is 0 Å². The van der Waals surface area contributed by atoms with Gasteiger partial charge in [-0.3, -0.25) is 0 Å². The molecule has 0 bridgehead atoms. The molecule has 1 aromatic rings. The molecule has 0 aliphatic carbocycles. The lowest BCUT2D eigenvalue weighted by Crippen LogP contribution is -2.22.